The normalized spacial score (nSPS) is 12.6. The van der Waals surface area contributed by atoms with Gasteiger partial charge >= 0.3 is 0 Å². The average Bonchev–Trinajstić information content (AvgIpc) is 3.08. The molecule has 2 aromatic heterocycles. The van der Waals surface area contributed by atoms with Crippen molar-refractivity contribution in [1.82, 2.24) is 20.0 Å². The maximum absolute atomic E-state index is 12.1. The topological polar surface area (TPSA) is 123 Å². The van der Waals surface area contributed by atoms with E-state index in [1.165, 1.54) is 0 Å². The molecule has 0 unspecified atom stereocenters. The summed E-state index contributed by atoms with van der Waals surface area (Å²) in [6.45, 7) is 1.24. The molecule has 0 radical (unpaired) electrons. The van der Waals surface area contributed by atoms with E-state index in [9.17, 15) is 10.1 Å². The fraction of sp³-hybridized carbons (Fsp3) is 0.143. The average molecular weight is 384 g/mol. The van der Waals surface area contributed by atoms with Crippen LogP contribution in [-0.4, -0.2) is 26.6 Å². The lowest BCUT2D eigenvalue weighted by atomic mass is 9.96. The smallest absolute Gasteiger partial charge is 0.272 e. The molecule has 4 aromatic rings. The summed E-state index contributed by atoms with van der Waals surface area (Å²) < 4.78 is 7.71. The summed E-state index contributed by atoms with van der Waals surface area (Å²) >= 11 is 0. The van der Waals surface area contributed by atoms with Crippen LogP contribution in [0.2, 0.25) is 0 Å². The van der Waals surface area contributed by atoms with E-state index in [2.05, 4.69) is 21.4 Å². The lowest BCUT2D eigenvalue weighted by Gasteiger charge is -2.11. The van der Waals surface area contributed by atoms with Crippen molar-refractivity contribution < 1.29 is 4.74 Å². The molecule has 3 heterocycles. The molecule has 0 saturated heterocycles. The summed E-state index contributed by atoms with van der Waals surface area (Å²) in [5, 5.41) is 22.0. The van der Waals surface area contributed by atoms with E-state index in [1.807, 2.05) is 28.9 Å². The zero-order valence-electron chi connectivity index (χ0n) is 15.3. The van der Waals surface area contributed by atoms with E-state index in [1.54, 1.807) is 18.3 Å². The first-order valence-corrected chi connectivity index (χ1v) is 9.15. The van der Waals surface area contributed by atoms with Crippen LogP contribution >= 0.6 is 0 Å². The molecule has 0 amide bonds. The first kappa shape index (κ1) is 17.2. The summed E-state index contributed by atoms with van der Waals surface area (Å²) in [7, 11) is 0. The number of H-pyrrole nitrogens is 1. The van der Waals surface area contributed by atoms with E-state index in [-0.39, 0.29) is 12.1 Å². The number of fused-ring (bicyclic) bond motifs is 4. The molecule has 0 fully saturated rings. The number of nitrogens with two attached hydrogens (primary N) is 1. The Kier molecular flexibility index (Phi) is 3.89. The molecule has 0 aliphatic carbocycles. The number of rotatable bonds is 2. The van der Waals surface area contributed by atoms with Crippen molar-refractivity contribution in [2.75, 3.05) is 6.61 Å². The lowest BCUT2D eigenvalue weighted by Crippen LogP contribution is -2.13. The quantitative estimate of drug-likeness (QED) is 0.546. The molecule has 0 spiro atoms. The number of nitrogens with one attached hydrogen (secondary N) is 1. The number of benzene rings is 2. The SMILES string of the molecule is N#Cc1cccc2c1-c1c(-c3ccc4c(=O)[nH]nc(CN)c4c3)cnn1CCO2. The molecule has 0 bridgehead atoms. The molecule has 1 aliphatic heterocycles. The Morgan fingerprint density at radius 2 is 2.17 bits per heavy atom. The highest BCUT2D eigenvalue weighted by Crippen LogP contribution is 2.41. The van der Waals surface area contributed by atoms with Crippen LogP contribution in [0.15, 0.2) is 47.4 Å². The number of hydrogen-bond donors (Lipinski definition) is 2. The zero-order chi connectivity index (χ0) is 20.0. The minimum Gasteiger partial charge on any atom is -0.491 e. The second kappa shape index (κ2) is 6.58. The van der Waals surface area contributed by atoms with Gasteiger partial charge in [-0.1, -0.05) is 12.1 Å². The molecule has 142 valence electrons. The Balaban J connectivity index is 1.80. The number of aromatic nitrogens is 4. The molecule has 0 atom stereocenters. The maximum atomic E-state index is 12.1. The van der Waals surface area contributed by atoms with Gasteiger partial charge in [0, 0.05) is 17.5 Å². The molecule has 0 saturated carbocycles. The van der Waals surface area contributed by atoms with Gasteiger partial charge in [0.05, 0.1) is 46.7 Å². The lowest BCUT2D eigenvalue weighted by molar-refractivity contribution is 0.300. The molecule has 5 rings (SSSR count). The predicted octanol–water partition coefficient (Wildman–Crippen LogP) is 2.18. The minimum absolute atomic E-state index is 0.206. The zero-order valence-corrected chi connectivity index (χ0v) is 15.3. The van der Waals surface area contributed by atoms with E-state index in [0.29, 0.717) is 40.9 Å². The van der Waals surface area contributed by atoms with E-state index >= 15 is 0 Å². The van der Waals surface area contributed by atoms with Crippen LogP contribution in [0.5, 0.6) is 5.75 Å². The third-order valence-corrected chi connectivity index (χ3v) is 5.16. The highest BCUT2D eigenvalue weighted by Gasteiger charge is 2.24. The van der Waals surface area contributed by atoms with E-state index < -0.39 is 0 Å². The Hall–Kier alpha value is -3.96. The number of ether oxygens (including phenoxy) is 1. The van der Waals surface area contributed by atoms with Gasteiger partial charge in [-0.15, -0.1) is 0 Å². The molecular formula is C21H16N6O2. The van der Waals surface area contributed by atoms with Crippen LogP contribution in [-0.2, 0) is 13.1 Å². The summed E-state index contributed by atoms with van der Waals surface area (Å²) in [6.07, 6.45) is 1.78. The van der Waals surface area contributed by atoms with Gasteiger partial charge < -0.3 is 10.5 Å². The molecule has 29 heavy (non-hydrogen) atoms. The first-order chi connectivity index (χ1) is 14.2. The summed E-state index contributed by atoms with van der Waals surface area (Å²) in [5.41, 5.74) is 9.95. The van der Waals surface area contributed by atoms with Crippen LogP contribution in [0.4, 0.5) is 0 Å². The van der Waals surface area contributed by atoms with Crippen molar-refractivity contribution in [2.24, 2.45) is 5.73 Å². The minimum atomic E-state index is -0.261. The second-order valence-corrected chi connectivity index (χ2v) is 6.73. The van der Waals surface area contributed by atoms with Gasteiger partial charge in [0.25, 0.3) is 5.56 Å². The van der Waals surface area contributed by atoms with Crippen LogP contribution in [0.1, 0.15) is 11.3 Å². The fourth-order valence-corrected chi connectivity index (χ4v) is 3.80. The largest absolute Gasteiger partial charge is 0.491 e. The molecule has 1 aliphatic rings. The van der Waals surface area contributed by atoms with Gasteiger partial charge in [-0.25, -0.2) is 5.10 Å². The molecule has 2 aromatic carbocycles. The number of nitrogens with zero attached hydrogens (tertiary/aromatic N) is 4. The molecule has 8 nitrogen and oxygen atoms in total. The van der Waals surface area contributed by atoms with Crippen LogP contribution in [0.25, 0.3) is 33.2 Å². The third-order valence-electron chi connectivity index (χ3n) is 5.16. The van der Waals surface area contributed by atoms with Gasteiger partial charge in [-0.05, 0) is 29.8 Å². The number of aromatic amines is 1. The summed E-state index contributed by atoms with van der Waals surface area (Å²) in [5.74, 6) is 0.658. The van der Waals surface area contributed by atoms with Gasteiger partial charge in [-0.2, -0.15) is 15.5 Å². The van der Waals surface area contributed by atoms with Crippen molar-refractivity contribution >= 4 is 10.8 Å². The highest BCUT2D eigenvalue weighted by atomic mass is 16.5. The predicted molar refractivity (Wildman–Crippen MR) is 107 cm³/mol. The van der Waals surface area contributed by atoms with E-state index in [0.717, 1.165) is 22.4 Å². The Morgan fingerprint density at radius 1 is 1.28 bits per heavy atom. The summed E-state index contributed by atoms with van der Waals surface area (Å²) in [4.78, 5) is 12.1. The molecule has 8 heteroatoms. The van der Waals surface area contributed by atoms with Crippen LogP contribution < -0.4 is 16.0 Å². The molecule has 3 N–H and O–H groups in total. The standard InChI is InChI=1S/C21H16N6O2/c22-9-13-2-1-3-18-19(13)20-16(11-24-27(20)6-7-29-18)12-4-5-14-15(8-12)17(10-23)25-26-21(14)28/h1-5,8,11H,6-7,10,23H2,(H,26,28). The maximum Gasteiger partial charge on any atom is 0.272 e. The highest BCUT2D eigenvalue weighted by molar-refractivity contribution is 5.92. The van der Waals surface area contributed by atoms with Crippen molar-refractivity contribution in [1.29, 1.82) is 5.26 Å². The summed E-state index contributed by atoms with van der Waals surface area (Å²) in [6, 6.07) is 13.2. The monoisotopic (exact) mass is 384 g/mol. The van der Waals surface area contributed by atoms with Gasteiger partial charge in [-0.3, -0.25) is 9.48 Å². The van der Waals surface area contributed by atoms with Crippen molar-refractivity contribution in [2.45, 2.75) is 13.1 Å². The number of nitriles is 1. The van der Waals surface area contributed by atoms with Crippen molar-refractivity contribution in [3.05, 3.63) is 64.2 Å². The molecular weight excluding hydrogens is 368 g/mol. The Bertz CT molecular complexity index is 1360. The Morgan fingerprint density at radius 3 is 3.00 bits per heavy atom. The fourth-order valence-electron chi connectivity index (χ4n) is 3.80. The van der Waals surface area contributed by atoms with Gasteiger partial charge in [0.1, 0.15) is 12.4 Å². The van der Waals surface area contributed by atoms with E-state index in [4.69, 9.17) is 10.5 Å². The van der Waals surface area contributed by atoms with Gasteiger partial charge in [0.15, 0.2) is 0 Å². The Labute approximate surface area is 165 Å². The third kappa shape index (κ3) is 2.60. The second-order valence-electron chi connectivity index (χ2n) is 6.73. The van der Waals surface area contributed by atoms with Gasteiger partial charge in [0.2, 0.25) is 0 Å². The van der Waals surface area contributed by atoms with Crippen molar-refractivity contribution in [3.63, 3.8) is 0 Å². The number of hydrogen-bond acceptors (Lipinski definition) is 6. The first-order valence-electron chi connectivity index (χ1n) is 9.15. The van der Waals surface area contributed by atoms with Crippen LogP contribution in [0.3, 0.4) is 0 Å². The van der Waals surface area contributed by atoms with Crippen LogP contribution in [0, 0.1) is 11.3 Å². The van der Waals surface area contributed by atoms with Crippen molar-refractivity contribution in [3.8, 4) is 34.2 Å².